The van der Waals surface area contributed by atoms with Crippen LogP contribution in [0.4, 0.5) is 5.69 Å². The Morgan fingerprint density at radius 2 is 1.71 bits per heavy atom. The fraction of sp³-hybridized carbons (Fsp3) is 0.300. The van der Waals surface area contributed by atoms with E-state index in [1.54, 1.807) is 36.4 Å². The predicted molar refractivity (Wildman–Crippen MR) is 98.0 cm³/mol. The molecule has 0 aliphatic carbocycles. The second-order valence-electron chi connectivity index (χ2n) is 6.29. The fourth-order valence-electron chi connectivity index (χ4n) is 2.80. The van der Waals surface area contributed by atoms with Gasteiger partial charge in [0.25, 0.3) is 5.91 Å². The summed E-state index contributed by atoms with van der Waals surface area (Å²) >= 11 is 0. The number of carbonyl (C=O) groups is 2. The number of carbonyl (C=O) groups excluding carboxylic acids is 2. The monoisotopic (exact) mass is 385 g/mol. The minimum Gasteiger partial charge on any atom is -0.486 e. The summed E-state index contributed by atoms with van der Waals surface area (Å²) in [6.07, 6.45) is -1.94. The lowest BCUT2D eigenvalue weighted by Crippen LogP contribution is -2.41. The number of esters is 1. The summed E-state index contributed by atoms with van der Waals surface area (Å²) in [5, 5.41) is 2.69. The molecular weight excluding hydrogens is 366 g/mol. The van der Waals surface area contributed by atoms with Gasteiger partial charge in [0, 0.05) is 11.8 Å². The van der Waals surface area contributed by atoms with Crippen LogP contribution in [0, 0.1) is 0 Å². The van der Waals surface area contributed by atoms with Crippen molar-refractivity contribution < 1.29 is 33.3 Å². The Kier molecular flexibility index (Phi) is 4.92. The Hall–Kier alpha value is -3.42. The molecule has 4 rings (SSSR count). The molecule has 2 atom stereocenters. The van der Waals surface area contributed by atoms with Gasteiger partial charge in [-0.3, -0.25) is 4.79 Å². The first kappa shape index (κ1) is 18.0. The van der Waals surface area contributed by atoms with Crippen molar-refractivity contribution in [1.82, 2.24) is 0 Å². The highest BCUT2D eigenvalue weighted by Crippen LogP contribution is 2.33. The van der Waals surface area contributed by atoms with Gasteiger partial charge < -0.3 is 29.0 Å². The van der Waals surface area contributed by atoms with Crippen LogP contribution in [0.1, 0.15) is 6.92 Å². The van der Waals surface area contributed by atoms with Crippen molar-refractivity contribution in [2.45, 2.75) is 19.1 Å². The quantitative estimate of drug-likeness (QED) is 0.807. The lowest BCUT2D eigenvalue weighted by molar-refractivity contribution is -0.162. The van der Waals surface area contributed by atoms with Crippen LogP contribution in [-0.4, -0.2) is 43.9 Å². The van der Waals surface area contributed by atoms with E-state index >= 15 is 0 Å². The van der Waals surface area contributed by atoms with Gasteiger partial charge in [-0.15, -0.1) is 0 Å². The average molecular weight is 385 g/mol. The zero-order valence-electron chi connectivity index (χ0n) is 15.2. The van der Waals surface area contributed by atoms with Gasteiger partial charge in [-0.2, -0.15) is 0 Å². The fourth-order valence-corrected chi connectivity index (χ4v) is 2.80. The zero-order valence-corrected chi connectivity index (χ0v) is 15.2. The molecule has 0 fully saturated rings. The Balaban J connectivity index is 1.34. The number of hydrogen-bond acceptors (Lipinski definition) is 7. The Morgan fingerprint density at radius 1 is 1.00 bits per heavy atom. The number of amides is 1. The van der Waals surface area contributed by atoms with E-state index in [1.807, 2.05) is 6.07 Å². The van der Waals surface area contributed by atoms with Crippen molar-refractivity contribution in [2.24, 2.45) is 0 Å². The van der Waals surface area contributed by atoms with E-state index in [1.165, 1.54) is 6.92 Å². The van der Waals surface area contributed by atoms with Crippen LogP contribution in [0.5, 0.6) is 23.0 Å². The third-order valence-electron chi connectivity index (χ3n) is 4.24. The second-order valence-corrected chi connectivity index (χ2v) is 6.29. The Labute approximate surface area is 161 Å². The van der Waals surface area contributed by atoms with Crippen molar-refractivity contribution >= 4 is 17.6 Å². The molecule has 2 aliphatic heterocycles. The smallest absolute Gasteiger partial charge is 0.351 e. The zero-order chi connectivity index (χ0) is 19.5. The van der Waals surface area contributed by atoms with Crippen molar-refractivity contribution in [2.75, 3.05) is 25.1 Å². The van der Waals surface area contributed by atoms with E-state index < -0.39 is 24.1 Å². The molecule has 2 aromatic rings. The van der Waals surface area contributed by atoms with E-state index in [0.29, 0.717) is 41.9 Å². The number of rotatable bonds is 4. The molecule has 0 radical (unpaired) electrons. The summed E-state index contributed by atoms with van der Waals surface area (Å²) in [6.45, 7) is 2.45. The first-order chi connectivity index (χ1) is 13.6. The summed E-state index contributed by atoms with van der Waals surface area (Å²) in [5.74, 6) is 1.07. The van der Waals surface area contributed by atoms with E-state index in [-0.39, 0.29) is 6.61 Å². The van der Waals surface area contributed by atoms with Crippen LogP contribution in [0.2, 0.25) is 0 Å². The van der Waals surface area contributed by atoms with Gasteiger partial charge in [0.15, 0.2) is 29.1 Å². The summed E-state index contributed by atoms with van der Waals surface area (Å²) in [7, 11) is 0. The average Bonchev–Trinajstić information content (AvgIpc) is 2.73. The number of para-hydroxylation sites is 2. The van der Waals surface area contributed by atoms with Gasteiger partial charge >= 0.3 is 5.97 Å². The van der Waals surface area contributed by atoms with Gasteiger partial charge in [-0.1, -0.05) is 12.1 Å². The molecule has 0 saturated carbocycles. The number of anilines is 1. The summed E-state index contributed by atoms with van der Waals surface area (Å²) in [5.41, 5.74) is 0.517. The maximum Gasteiger partial charge on any atom is 0.351 e. The molecule has 0 unspecified atom stereocenters. The van der Waals surface area contributed by atoms with Crippen LogP contribution in [0.25, 0.3) is 0 Å². The summed E-state index contributed by atoms with van der Waals surface area (Å²) < 4.78 is 27.3. The van der Waals surface area contributed by atoms with Crippen LogP contribution in [0.3, 0.4) is 0 Å². The first-order valence-electron chi connectivity index (χ1n) is 8.89. The van der Waals surface area contributed by atoms with Gasteiger partial charge in [0.1, 0.15) is 19.8 Å². The normalized spacial score (nSPS) is 18.0. The highest BCUT2D eigenvalue weighted by molar-refractivity contribution is 5.95. The molecular formula is C20H19NO7. The highest BCUT2D eigenvalue weighted by Gasteiger charge is 2.31. The third kappa shape index (κ3) is 3.80. The topological polar surface area (TPSA) is 92.3 Å². The minimum absolute atomic E-state index is 0.0202. The SMILES string of the molecule is C[C@@H](OC(=O)[C@@H]1COc2ccccc2O1)C(=O)Nc1ccc2c(c1)OCCO2. The number of hydrogen-bond donors (Lipinski definition) is 1. The minimum atomic E-state index is -1.01. The molecule has 146 valence electrons. The van der Waals surface area contributed by atoms with E-state index in [0.717, 1.165) is 0 Å². The maximum atomic E-state index is 12.4. The van der Waals surface area contributed by atoms with Crippen molar-refractivity contribution in [3.05, 3.63) is 42.5 Å². The van der Waals surface area contributed by atoms with Crippen LogP contribution in [-0.2, 0) is 14.3 Å². The first-order valence-corrected chi connectivity index (χ1v) is 8.89. The molecule has 0 spiro atoms. The lowest BCUT2D eigenvalue weighted by atomic mass is 10.2. The predicted octanol–water partition coefficient (Wildman–Crippen LogP) is 2.17. The molecule has 0 saturated heterocycles. The number of nitrogens with one attached hydrogen (secondary N) is 1. The largest absolute Gasteiger partial charge is 0.486 e. The molecule has 2 heterocycles. The van der Waals surface area contributed by atoms with Crippen molar-refractivity contribution in [1.29, 1.82) is 0 Å². The number of ether oxygens (including phenoxy) is 5. The third-order valence-corrected chi connectivity index (χ3v) is 4.24. The lowest BCUT2D eigenvalue weighted by Gasteiger charge is -2.26. The molecule has 1 amide bonds. The van der Waals surface area contributed by atoms with E-state index in [2.05, 4.69) is 5.32 Å². The molecule has 0 aromatic heterocycles. The van der Waals surface area contributed by atoms with E-state index in [4.69, 9.17) is 23.7 Å². The highest BCUT2D eigenvalue weighted by atomic mass is 16.6. The number of benzene rings is 2. The van der Waals surface area contributed by atoms with Gasteiger partial charge in [-0.05, 0) is 31.2 Å². The van der Waals surface area contributed by atoms with E-state index in [9.17, 15) is 9.59 Å². The molecule has 1 N–H and O–H groups in total. The molecule has 2 aromatic carbocycles. The molecule has 8 nitrogen and oxygen atoms in total. The Bertz CT molecular complexity index is 898. The van der Waals surface area contributed by atoms with Crippen molar-refractivity contribution in [3.8, 4) is 23.0 Å². The number of fused-ring (bicyclic) bond motifs is 2. The van der Waals surface area contributed by atoms with Crippen LogP contribution in [0.15, 0.2) is 42.5 Å². The van der Waals surface area contributed by atoms with Gasteiger partial charge in [0.05, 0.1) is 0 Å². The van der Waals surface area contributed by atoms with Crippen LogP contribution >= 0.6 is 0 Å². The standard InChI is InChI=1S/C20H19NO7/c1-12(19(22)21-13-6-7-15-17(10-13)25-9-8-24-15)27-20(23)18-11-26-14-4-2-3-5-16(14)28-18/h2-7,10,12,18H,8-9,11H2,1H3,(H,21,22)/t12-,18+/m1/s1. The molecule has 2 aliphatic rings. The summed E-state index contributed by atoms with van der Waals surface area (Å²) in [4.78, 5) is 24.7. The molecule has 0 bridgehead atoms. The van der Waals surface area contributed by atoms with Gasteiger partial charge in [0.2, 0.25) is 6.10 Å². The second kappa shape index (κ2) is 7.67. The van der Waals surface area contributed by atoms with Crippen molar-refractivity contribution in [3.63, 3.8) is 0 Å². The maximum absolute atomic E-state index is 12.4. The Morgan fingerprint density at radius 3 is 2.54 bits per heavy atom. The molecule has 8 heteroatoms. The summed E-state index contributed by atoms with van der Waals surface area (Å²) in [6, 6.07) is 12.1. The van der Waals surface area contributed by atoms with Crippen LogP contribution < -0.4 is 24.3 Å². The van der Waals surface area contributed by atoms with Gasteiger partial charge in [-0.25, -0.2) is 4.79 Å². The molecule has 28 heavy (non-hydrogen) atoms.